The Balaban J connectivity index is 2.00. The summed E-state index contributed by atoms with van der Waals surface area (Å²) >= 11 is 0. The summed E-state index contributed by atoms with van der Waals surface area (Å²) in [6, 6.07) is 5.22. The van der Waals surface area contributed by atoms with Crippen molar-refractivity contribution in [3.8, 4) is 0 Å². The van der Waals surface area contributed by atoms with Gasteiger partial charge in [-0.1, -0.05) is 0 Å². The van der Waals surface area contributed by atoms with Crippen LogP contribution in [0.3, 0.4) is 0 Å². The Labute approximate surface area is 98.8 Å². The van der Waals surface area contributed by atoms with E-state index in [1.807, 2.05) is 0 Å². The van der Waals surface area contributed by atoms with Gasteiger partial charge < -0.3 is 10.6 Å². The first-order chi connectivity index (χ1) is 7.95. The van der Waals surface area contributed by atoms with Crippen molar-refractivity contribution in [1.29, 1.82) is 0 Å². The molecule has 7 heteroatoms. The average Bonchev–Trinajstić information content (AvgIpc) is 3.01. The van der Waals surface area contributed by atoms with Gasteiger partial charge in [-0.25, -0.2) is 4.79 Å². The van der Waals surface area contributed by atoms with Gasteiger partial charge in [-0.2, -0.15) is 8.42 Å². The van der Waals surface area contributed by atoms with E-state index < -0.39 is 10.1 Å². The van der Waals surface area contributed by atoms with Crippen molar-refractivity contribution < 1.29 is 17.8 Å². The highest BCUT2D eigenvalue weighted by Crippen LogP contribution is 2.19. The fourth-order valence-corrected chi connectivity index (χ4v) is 1.77. The van der Waals surface area contributed by atoms with Gasteiger partial charge in [-0.05, 0) is 37.1 Å². The molecule has 0 aliphatic heterocycles. The van der Waals surface area contributed by atoms with Crippen LogP contribution in [0.2, 0.25) is 0 Å². The summed E-state index contributed by atoms with van der Waals surface area (Å²) in [4.78, 5) is 11.2. The van der Waals surface area contributed by atoms with E-state index in [-0.39, 0.29) is 17.0 Å². The van der Waals surface area contributed by atoms with Crippen LogP contribution in [0.15, 0.2) is 29.2 Å². The van der Waals surface area contributed by atoms with Crippen molar-refractivity contribution in [1.82, 2.24) is 5.32 Å². The summed E-state index contributed by atoms with van der Waals surface area (Å²) < 4.78 is 30.3. The smallest absolute Gasteiger partial charge is 0.319 e. The molecule has 1 aromatic carbocycles. The molecule has 1 aliphatic rings. The molecule has 6 nitrogen and oxygen atoms in total. The van der Waals surface area contributed by atoms with Gasteiger partial charge in [0.15, 0.2) is 0 Å². The zero-order valence-corrected chi connectivity index (χ0v) is 9.70. The second-order valence-corrected chi connectivity index (χ2v) is 5.29. The predicted octanol–water partition coefficient (Wildman–Crippen LogP) is 1.22. The molecule has 0 unspecified atom stereocenters. The van der Waals surface area contributed by atoms with Crippen LogP contribution in [0.4, 0.5) is 10.5 Å². The molecule has 1 aromatic rings. The van der Waals surface area contributed by atoms with Crippen molar-refractivity contribution in [2.45, 2.75) is 23.8 Å². The summed E-state index contributed by atoms with van der Waals surface area (Å²) in [7, 11) is -4.19. The lowest BCUT2D eigenvalue weighted by Crippen LogP contribution is -2.30. The molecule has 92 valence electrons. The molecule has 1 fully saturated rings. The number of carbonyl (C=O) groups is 1. The van der Waals surface area contributed by atoms with Gasteiger partial charge in [0, 0.05) is 11.7 Å². The molecule has 0 heterocycles. The Kier molecular flexibility index (Phi) is 3.03. The molecule has 2 amide bonds. The maximum absolute atomic E-state index is 11.4. The Morgan fingerprint density at radius 2 is 1.82 bits per heavy atom. The van der Waals surface area contributed by atoms with E-state index in [1.165, 1.54) is 24.3 Å². The molecule has 17 heavy (non-hydrogen) atoms. The number of benzene rings is 1. The van der Waals surface area contributed by atoms with E-state index in [4.69, 9.17) is 4.55 Å². The summed E-state index contributed by atoms with van der Waals surface area (Å²) in [5.74, 6) is 0. The van der Waals surface area contributed by atoms with Crippen LogP contribution in [0, 0.1) is 0 Å². The Hall–Kier alpha value is -1.60. The van der Waals surface area contributed by atoms with E-state index in [2.05, 4.69) is 10.6 Å². The predicted molar refractivity (Wildman–Crippen MR) is 61.4 cm³/mol. The SMILES string of the molecule is O=C(Nc1ccc(S(=O)(=O)O)cc1)NC1CC1. The molecule has 1 aliphatic carbocycles. The fourth-order valence-electron chi connectivity index (χ4n) is 1.29. The zero-order valence-electron chi connectivity index (χ0n) is 8.88. The molecule has 1 saturated carbocycles. The summed E-state index contributed by atoms with van der Waals surface area (Å²) in [5.41, 5.74) is 0.468. The van der Waals surface area contributed by atoms with Crippen LogP contribution in [-0.4, -0.2) is 25.0 Å². The number of anilines is 1. The molecule has 0 atom stereocenters. The lowest BCUT2D eigenvalue weighted by Gasteiger charge is -2.06. The normalized spacial score (nSPS) is 15.4. The van der Waals surface area contributed by atoms with Crippen molar-refractivity contribution in [3.63, 3.8) is 0 Å². The second-order valence-electron chi connectivity index (χ2n) is 3.87. The molecular weight excluding hydrogens is 244 g/mol. The zero-order chi connectivity index (χ0) is 12.5. The van der Waals surface area contributed by atoms with Crippen LogP contribution >= 0.6 is 0 Å². The minimum absolute atomic E-state index is 0.203. The van der Waals surface area contributed by atoms with Crippen molar-refractivity contribution >= 4 is 21.8 Å². The van der Waals surface area contributed by atoms with Crippen LogP contribution in [-0.2, 0) is 10.1 Å². The molecule has 0 aromatic heterocycles. The third-order valence-electron chi connectivity index (χ3n) is 2.32. The van der Waals surface area contributed by atoms with Crippen molar-refractivity contribution in [2.75, 3.05) is 5.32 Å². The van der Waals surface area contributed by atoms with Gasteiger partial charge in [0.2, 0.25) is 0 Å². The summed E-state index contributed by atoms with van der Waals surface area (Å²) in [6.07, 6.45) is 1.99. The van der Waals surface area contributed by atoms with Gasteiger partial charge in [0.25, 0.3) is 10.1 Å². The molecule has 3 N–H and O–H groups in total. The third kappa shape index (κ3) is 3.43. The van der Waals surface area contributed by atoms with E-state index in [1.54, 1.807) is 0 Å². The fraction of sp³-hybridized carbons (Fsp3) is 0.300. The van der Waals surface area contributed by atoms with Crippen LogP contribution < -0.4 is 10.6 Å². The number of hydrogen-bond acceptors (Lipinski definition) is 3. The molecule has 0 bridgehead atoms. The summed E-state index contributed by atoms with van der Waals surface area (Å²) in [5, 5.41) is 5.29. The van der Waals surface area contributed by atoms with E-state index in [9.17, 15) is 13.2 Å². The largest absolute Gasteiger partial charge is 0.335 e. The highest BCUT2D eigenvalue weighted by molar-refractivity contribution is 7.85. The lowest BCUT2D eigenvalue weighted by molar-refractivity contribution is 0.251. The Bertz CT molecular complexity index is 520. The summed E-state index contributed by atoms with van der Waals surface area (Å²) in [6.45, 7) is 0. The Morgan fingerprint density at radius 1 is 1.24 bits per heavy atom. The first kappa shape index (κ1) is 11.9. The number of carbonyl (C=O) groups excluding carboxylic acids is 1. The maximum atomic E-state index is 11.4. The van der Waals surface area contributed by atoms with Crippen LogP contribution in [0.1, 0.15) is 12.8 Å². The number of urea groups is 1. The maximum Gasteiger partial charge on any atom is 0.319 e. The van der Waals surface area contributed by atoms with Gasteiger partial charge in [0.1, 0.15) is 0 Å². The molecule has 2 rings (SSSR count). The van der Waals surface area contributed by atoms with Gasteiger partial charge in [0.05, 0.1) is 4.90 Å². The van der Waals surface area contributed by atoms with Crippen LogP contribution in [0.5, 0.6) is 0 Å². The standard InChI is InChI=1S/C10H12N2O4S/c13-10(11-7-1-2-7)12-8-3-5-9(6-4-8)17(14,15)16/h3-7H,1-2H2,(H2,11,12,13)(H,14,15,16). The number of hydrogen-bond donors (Lipinski definition) is 3. The molecule has 0 spiro atoms. The monoisotopic (exact) mass is 256 g/mol. The average molecular weight is 256 g/mol. The van der Waals surface area contributed by atoms with Crippen molar-refractivity contribution in [3.05, 3.63) is 24.3 Å². The number of amides is 2. The lowest BCUT2D eigenvalue weighted by atomic mass is 10.3. The van der Waals surface area contributed by atoms with Gasteiger partial charge in [-0.15, -0.1) is 0 Å². The van der Waals surface area contributed by atoms with E-state index in [0.717, 1.165) is 12.8 Å². The minimum Gasteiger partial charge on any atom is -0.335 e. The van der Waals surface area contributed by atoms with Crippen LogP contribution in [0.25, 0.3) is 0 Å². The van der Waals surface area contributed by atoms with Crippen molar-refractivity contribution in [2.24, 2.45) is 0 Å². The number of nitrogens with one attached hydrogen (secondary N) is 2. The minimum atomic E-state index is -4.19. The van der Waals surface area contributed by atoms with E-state index in [0.29, 0.717) is 5.69 Å². The first-order valence-electron chi connectivity index (χ1n) is 5.10. The third-order valence-corrected chi connectivity index (χ3v) is 3.19. The first-order valence-corrected chi connectivity index (χ1v) is 6.54. The second kappa shape index (κ2) is 4.34. The highest BCUT2D eigenvalue weighted by Gasteiger charge is 2.23. The molecule has 0 radical (unpaired) electrons. The highest BCUT2D eigenvalue weighted by atomic mass is 32.2. The molecular formula is C10H12N2O4S. The van der Waals surface area contributed by atoms with E-state index >= 15 is 0 Å². The Morgan fingerprint density at radius 3 is 2.29 bits per heavy atom. The van der Waals surface area contributed by atoms with Gasteiger partial charge >= 0.3 is 6.03 Å². The topological polar surface area (TPSA) is 95.5 Å². The quantitative estimate of drug-likeness (QED) is 0.708. The number of rotatable bonds is 3. The molecule has 0 saturated heterocycles. The van der Waals surface area contributed by atoms with Gasteiger partial charge in [-0.3, -0.25) is 4.55 Å².